The summed E-state index contributed by atoms with van der Waals surface area (Å²) in [4.78, 5) is 12.0. The van der Waals surface area contributed by atoms with Crippen LogP contribution in [0.4, 0.5) is 5.69 Å². The summed E-state index contributed by atoms with van der Waals surface area (Å²) >= 11 is 0. The summed E-state index contributed by atoms with van der Waals surface area (Å²) in [6, 6.07) is 6.62. The van der Waals surface area contributed by atoms with Crippen LogP contribution in [-0.2, 0) is 10.2 Å². The number of hydrogen-bond donors (Lipinski definition) is 1. The summed E-state index contributed by atoms with van der Waals surface area (Å²) in [5.41, 5.74) is 0.753. The summed E-state index contributed by atoms with van der Waals surface area (Å²) < 4.78 is 27.0. The molecule has 6 heteroatoms. The number of hydrogen-bond acceptors (Lipinski definition) is 3. The number of anilines is 1. The third-order valence-corrected chi connectivity index (χ3v) is 4.03. The summed E-state index contributed by atoms with van der Waals surface area (Å²) in [7, 11) is -3.72. The minimum atomic E-state index is -3.72. The zero-order valence-corrected chi connectivity index (χ0v) is 10.3. The van der Waals surface area contributed by atoms with Gasteiger partial charge in [0.05, 0.1) is 11.3 Å². The number of benzene rings is 1. The molecule has 1 heterocycles. The van der Waals surface area contributed by atoms with E-state index in [1.165, 1.54) is 0 Å². The van der Waals surface area contributed by atoms with Crippen LogP contribution in [0.3, 0.4) is 0 Å². The number of unbranched alkanes of at least 4 members (excludes halogenated alkanes) is 1. The number of nitrogens with zero attached hydrogens (tertiary/aromatic N) is 1. The van der Waals surface area contributed by atoms with Crippen molar-refractivity contribution in [2.24, 2.45) is 0 Å². The Morgan fingerprint density at radius 2 is 2.00 bits per heavy atom. The highest BCUT2D eigenvalue weighted by molar-refractivity contribution is 7.91. The first-order valence-corrected chi connectivity index (χ1v) is 6.94. The molecule has 2 rings (SSSR count). The minimum absolute atomic E-state index is 0.221. The highest BCUT2D eigenvalue weighted by Gasteiger charge is 2.34. The fourth-order valence-corrected chi connectivity index (χ4v) is 2.97. The van der Waals surface area contributed by atoms with E-state index in [-0.39, 0.29) is 6.54 Å². The Kier molecular flexibility index (Phi) is 3.06. The van der Waals surface area contributed by atoms with E-state index in [4.69, 9.17) is 0 Å². The second kappa shape index (κ2) is 4.37. The van der Waals surface area contributed by atoms with E-state index < -0.39 is 16.1 Å². The van der Waals surface area contributed by atoms with Crippen molar-refractivity contribution < 1.29 is 13.2 Å². The quantitative estimate of drug-likeness (QED) is 0.891. The van der Waals surface area contributed by atoms with Gasteiger partial charge in [0.2, 0.25) is 0 Å². The maximum atomic E-state index is 12.0. The molecule has 1 aliphatic heterocycles. The number of fused-ring (bicyclic) bond motifs is 1. The summed E-state index contributed by atoms with van der Waals surface area (Å²) in [5, 5.41) is 0. The van der Waals surface area contributed by atoms with Gasteiger partial charge in [0.25, 0.3) is 5.91 Å². The van der Waals surface area contributed by atoms with Crippen LogP contribution < -0.4 is 4.72 Å². The molecule has 0 aliphatic carbocycles. The van der Waals surface area contributed by atoms with E-state index in [0.29, 0.717) is 17.7 Å². The molecule has 0 atom stereocenters. The number of nitrogens with one attached hydrogen (secondary N) is 1. The van der Waals surface area contributed by atoms with E-state index in [0.717, 1.165) is 10.7 Å². The summed E-state index contributed by atoms with van der Waals surface area (Å²) in [6.45, 7) is 2.17. The maximum Gasteiger partial charge on any atom is 0.326 e. The molecule has 5 nitrogen and oxygen atoms in total. The van der Waals surface area contributed by atoms with Crippen molar-refractivity contribution in [2.75, 3.05) is 11.3 Å². The molecular weight excluding hydrogens is 240 g/mol. The molecule has 1 N–H and O–H groups in total. The van der Waals surface area contributed by atoms with E-state index >= 15 is 0 Å². The number of para-hydroxylation sites is 1. The SMILES string of the molecule is CCCCN1C(=O)c2ccccc2NS1(=O)=O. The van der Waals surface area contributed by atoms with E-state index in [9.17, 15) is 13.2 Å². The zero-order valence-electron chi connectivity index (χ0n) is 9.51. The molecule has 92 valence electrons. The molecule has 0 fully saturated rings. The largest absolute Gasteiger partial charge is 0.326 e. The third-order valence-electron chi connectivity index (χ3n) is 2.63. The fraction of sp³-hybridized carbons (Fsp3) is 0.364. The first kappa shape index (κ1) is 11.9. The van der Waals surface area contributed by atoms with E-state index in [1.807, 2.05) is 6.92 Å². The Balaban J connectivity index is 2.40. The normalized spacial score (nSPS) is 17.5. The topological polar surface area (TPSA) is 66.5 Å². The van der Waals surface area contributed by atoms with Crippen LogP contribution in [0.2, 0.25) is 0 Å². The maximum absolute atomic E-state index is 12.0. The fourth-order valence-electron chi connectivity index (χ4n) is 1.72. The lowest BCUT2D eigenvalue weighted by atomic mass is 10.1. The number of carbonyl (C=O) groups excluding carboxylic acids is 1. The van der Waals surface area contributed by atoms with Crippen LogP contribution in [0.25, 0.3) is 0 Å². The molecule has 0 spiro atoms. The lowest BCUT2D eigenvalue weighted by molar-refractivity contribution is 0.0859. The molecule has 1 aromatic carbocycles. The number of amides is 1. The van der Waals surface area contributed by atoms with Crippen LogP contribution in [0.15, 0.2) is 24.3 Å². The Bertz CT molecular complexity index is 539. The molecule has 1 amide bonds. The molecule has 0 bridgehead atoms. The van der Waals surface area contributed by atoms with Gasteiger partial charge in [0.1, 0.15) is 0 Å². The average Bonchev–Trinajstić information content (AvgIpc) is 2.28. The predicted molar refractivity (Wildman–Crippen MR) is 64.9 cm³/mol. The molecule has 0 saturated heterocycles. The van der Waals surface area contributed by atoms with Crippen molar-refractivity contribution in [3.63, 3.8) is 0 Å². The first-order valence-electron chi connectivity index (χ1n) is 5.50. The molecule has 1 aliphatic rings. The molecule has 0 unspecified atom stereocenters. The van der Waals surface area contributed by atoms with Gasteiger partial charge in [0.15, 0.2) is 0 Å². The lowest BCUT2D eigenvalue weighted by Crippen LogP contribution is -2.45. The van der Waals surface area contributed by atoms with Gasteiger partial charge < -0.3 is 0 Å². The monoisotopic (exact) mass is 254 g/mol. The zero-order chi connectivity index (χ0) is 12.5. The van der Waals surface area contributed by atoms with Gasteiger partial charge in [-0.1, -0.05) is 25.5 Å². The standard InChI is InChI=1S/C11H14N2O3S/c1-2-3-8-13-11(14)9-6-4-5-7-10(9)12-17(13,15)16/h4-7,12H,2-3,8H2,1H3. The first-order chi connectivity index (χ1) is 8.06. The molecule has 0 saturated carbocycles. The van der Waals surface area contributed by atoms with Crippen LogP contribution in [-0.4, -0.2) is 25.2 Å². The van der Waals surface area contributed by atoms with Crippen molar-refractivity contribution in [1.82, 2.24) is 4.31 Å². The minimum Gasteiger partial charge on any atom is -0.268 e. The van der Waals surface area contributed by atoms with Crippen LogP contribution in [0.5, 0.6) is 0 Å². The van der Waals surface area contributed by atoms with Crippen molar-refractivity contribution >= 4 is 21.8 Å². The summed E-state index contributed by atoms with van der Waals surface area (Å²) in [5.74, 6) is -0.451. The van der Waals surface area contributed by atoms with E-state index in [2.05, 4.69) is 4.72 Å². The number of rotatable bonds is 3. The van der Waals surface area contributed by atoms with Gasteiger partial charge in [-0.15, -0.1) is 0 Å². The smallest absolute Gasteiger partial charge is 0.268 e. The van der Waals surface area contributed by atoms with Gasteiger partial charge in [-0.05, 0) is 18.6 Å². The Hall–Kier alpha value is -1.56. The van der Waals surface area contributed by atoms with Crippen LogP contribution in [0, 0.1) is 0 Å². The van der Waals surface area contributed by atoms with Crippen LogP contribution >= 0.6 is 0 Å². The van der Waals surface area contributed by atoms with Crippen molar-refractivity contribution in [1.29, 1.82) is 0 Å². The predicted octanol–water partition coefficient (Wildman–Crippen LogP) is 1.60. The average molecular weight is 254 g/mol. The Labute approximate surface area is 101 Å². The lowest BCUT2D eigenvalue weighted by Gasteiger charge is -2.28. The summed E-state index contributed by atoms with van der Waals surface area (Å²) in [6.07, 6.45) is 1.50. The second-order valence-corrected chi connectivity index (χ2v) is 5.48. The van der Waals surface area contributed by atoms with E-state index in [1.54, 1.807) is 24.3 Å². The van der Waals surface area contributed by atoms with Gasteiger partial charge >= 0.3 is 10.2 Å². The molecular formula is C11H14N2O3S. The third kappa shape index (κ3) is 2.12. The van der Waals surface area contributed by atoms with Gasteiger partial charge in [-0.2, -0.15) is 8.42 Å². The highest BCUT2D eigenvalue weighted by Crippen LogP contribution is 2.26. The number of carbonyl (C=O) groups is 1. The van der Waals surface area contributed by atoms with Crippen molar-refractivity contribution in [3.05, 3.63) is 29.8 Å². The molecule has 0 aromatic heterocycles. The van der Waals surface area contributed by atoms with Crippen molar-refractivity contribution in [2.45, 2.75) is 19.8 Å². The highest BCUT2D eigenvalue weighted by atomic mass is 32.2. The van der Waals surface area contributed by atoms with Gasteiger partial charge in [0, 0.05) is 6.54 Å². The second-order valence-electron chi connectivity index (χ2n) is 3.88. The Morgan fingerprint density at radius 1 is 1.29 bits per heavy atom. The molecule has 0 radical (unpaired) electrons. The molecule has 1 aromatic rings. The van der Waals surface area contributed by atoms with Crippen LogP contribution in [0.1, 0.15) is 30.1 Å². The van der Waals surface area contributed by atoms with Gasteiger partial charge in [-0.3, -0.25) is 9.52 Å². The molecule has 17 heavy (non-hydrogen) atoms. The van der Waals surface area contributed by atoms with Crippen molar-refractivity contribution in [3.8, 4) is 0 Å². The Morgan fingerprint density at radius 3 is 2.71 bits per heavy atom. The van der Waals surface area contributed by atoms with Gasteiger partial charge in [-0.25, -0.2) is 4.31 Å².